The van der Waals surface area contributed by atoms with Gasteiger partial charge in [-0.25, -0.2) is 9.87 Å². The average Bonchev–Trinajstić information content (AvgIpc) is 2.71. The fraction of sp³-hybridized carbons (Fsp3) is 0.381. The lowest BCUT2D eigenvalue weighted by atomic mass is 9.82. The summed E-state index contributed by atoms with van der Waals surface area (Å²) < 4.78 is 13.2. The number of halogens is 2. The first-order valence-corrected chi connectivity index (χ1v) is 8.96. The lowest BCUT2D eigenvalue weighted by Crippen LogP contribution is -2.68. The Balaban J connectivity index is 0.00000392. The normalized spacial score (nSPS) is 15.0. The molecule has 0 aromatic heterocycles. The molecule has 0 saturated carbocycles. The summed E-state index contributed by atoms with van der Waals surface area (Å²) in [6, 6.07) is 18.3. The molecule has 2 aromatic carbocycles. The van der Waals surface area contributed by atoms with Crippen molar-refractivity contribution in [2.24, 2.45) is 0 Å². The Kier molecular flexibility index (Phi) is 9.04. The summed E-state index contributed by atoms with van der Waals surface area (Å²) >= 11 is 0. The molecule has 0 aliphatic heterocycles. The van der Waals surface area contributed by atoms with Crippen molar-refractivity contribution in [3.63, 3.8) is 0 Å². The maximum Gasteiger partial charge on any atom is 0.266 e. The Labute approximate surface area is 171 Å². The van der Waals surface area contributed by atoms with Crippen LogP contribution in [-0.2, 0) is 11.2 Å². The highest BCUT2D eigenvalue weighted by Gasteiger charge is 2.49. The monoisotopic (exact) mass is 410 g/mol. The number of hydrogen-bond acceptors (Lipinski definition) is 4. The third kappa shape index (κ3) is 5.52. The highest BCUT2D eigenvalue weighted by Crippen LogP contribution is 2.23. The molecule has 154 valence electrons. The first-order chi connectivity index (χ1) is 12.8. The highest BCUT2D eigenvalue weighted by molar-refractivity contribution is 5.86. The number of carbonyl (C=O) groups excluding carboxylic acids is 1. The molecule has 0 saturated heterocycles. The Hall–Kier alpha value is -1.99. The molecule has 0 aliphatic rings. The molecule has 2 aromatic rings. The number of nitrogens with one attached hydrogen (secondary N) is 2. The third-order valence-corrected chi connectivity index (χ3v) is 5.07. The lowest BCUT2D eigenvalue weighted by Gasteiger charge is -2.39. The first kappa shape index (κ1) is 24.0. The average molecular weight is 411 g/mol. The second kappa shape index (κ2) is 10.5. The van der Waals surface area contributed by atoms with Gasteiger partial charge in [-0.15, -0.1) is 12.4 Å². The first-order valence-electron chi connectivity index (χ1n) is 8.96. The molecule has 0 heterocycles. The fourth-order valence-electron chi connectivity index (χ4n) is 2.89. The van der Waals surface area contributed by atoms with E-state index in [1.165, 1.54) is 19.3 Å². The Morgan fingerprint density at radius 2 is 1.61 bits per heavy atom. The summed E-state index contributed by atoms with van der Waals surface area (Å²) in [6.45, 7) is 1.84. The van der Waals surface area contributed by atoms with Crippen LogP contribution in [0.1, 0.15) is 25.8 Å². The summed E-state index contributed by atoms with van der Waals surface area (Å²) in [5.74, 6) is -0.877. The van der Waals surface area contributed by atoms with Crippen molar-refractivity contribution in [3.8, 4) is 11.1 Å². The van der Waals surface area contributed by atoms with Crippen LogP contribution in [0.3, 0.4) is 0 Å². The van der Waals surface area contributed by atoms with E-state index in [1.807, 2.05) is 18.2 Å². The molecule has 0 bridgehead atoms. The lowest BCUT2D eigenvalue weighted by molar-refractivity contribution is -0.148. The van der Waals surface area contributed by atoms with Gasteiger partial charge in [0, 0.05) is 0 Å². The van der Waals surface area contributed by atoms with Crippen LogP contribution in [0.2, 0.25) is 0 Å². The Morgan fingerprint density at radius 1 is 1.04 bits per heavy atom. The molecule has 0 fully saturated rings. The molecule has 2 atom stereocenters. The third-order valence-electron chi connectivity index (χ3n) is 5.07. The van der Waals surface area contributed by atoms with Gasteiger partial charge in [0.15, 0.2) is 0 Å². The highest BCUT2D eigenvalue weighted by atomic mass is 35.5. The van der Waals surface area contributed by atoms with Gasteiger partial charge in [0.2, 0.25) is 0 Å². The number of alkyl halides is 1. The van der Waals surface area contributed by atoms with Gasteiger partial charge in [-0.1, -0.05) is 54.6 Å². The molecule has 7 heteroatoms. The largest absolute Gasteiger partial charge is 0.385 e. The summed E-state index contributed by atoms with van der Waals surface area (Å²) in [5.41, 5.74) is 1.35. The van der Waals surface area contributed by atoms with Gasteiger partial charge in [-0.2, -0.15) is 0 Å². The van der Waals surface area contributed by atoms with E-state index in [9.17, 15) is 14.3 Å². The van der Waals surface area contributed by atoms with E-state index in [0.29, 0.717) is 13.0 Å². The van der Waals surface area contributed by atoms with Gasteiger partial charge in [0.05, 0.1) is 0 Å². The number of aryl methyl sites for hydroxylation is 1. The van der Waals surface area contributed by atoms with E-state index in [4.69, 9.17) is 5.21 Å². The maximum atomic E-state index is 13.2. The topological polar surface area (TPSA) is 81.6 Å². The predicted molar refractivity (Wildman–Crippen MR) is 110 cm³/mol. The number of hydroxylamine groups is 1. The second-order valence-electron chi connectivity index (χ2n) is 7.07. The van der Waals surface area contributed by atoms with Gasteiger partial charge < -0.3 is 10.4 Å². The molecule has 0 spiro atoms. The number of hydrogen-bond donors (Lipinski definition) is 4. The summed E-state index contributed by atoms with van der Waals surface area (Å²) in [6.07, 6.45) is 1.44. The van der Waals surface area contributed by atoms with Crippen LogP contribution in [0.25, 0.3) is 11.1 Å². The zero-order chi connectivity index (χ0) is 19.9. The molecule has 2 rings (SSSR count). The van der Waals surface area contributed by atoms with Gasteiger partial charge in [-0.3, -0.25) is 10.0 Å². The number of benzene rings is 2. The molecular formula is C21H28ClFN2O3. The van der Waals surface area contributed by atoms with Gasteiger partial charge >= 0.3 is 0 Å². The van der Waals surface area contributed by atoms with Crippen molar-refractivity contribution in [1.82, 2.24) is 10.8 Å². The van der Waals surface area contributed by atoms with Crippen molar-refractivity contribution in [3.05, 3.63) is 60.2 Å². The van der Waals surface area contributed by atoms with Gasteiger partial charge in [0.25, 0.3) is 5.91 Å². The van der Waals surface area contributed by atoms with Crippen LogP contribution < -0.4 is 10.8 Å². The minimum Gasteiger partial charge on any atom is -0.385 e. The van der Waals surface area contributed by atoms with Crippen molar-refractivity contribution < 1.29 is 19.5 Å². The SMILES string of the molecule is CC(O)(CF)C(C)(NCCCc1ccc(-c2ccccc2)cc1)C(=O)NO.Cl. The summed E-state index contributed by atoms with van der Waals surface area (Å²) in [4.78, 5) is 11.9. The maximum absolute atomic E-state index is 13.2. The second-order valence-corrected chi connectivity index (χ2v) is 7.07. The molecule has 1 amide bonds. The summed E-state index contributed by atoms with van der Waals surface area (Å²) in [7, 11) is 0. The fourth-order valence-corrected chi connectivity index (χ4v) is 2.89. The van der Waals surface area contributed by atoms with Crippen LogP contribution >= 0.6 is 12.4 Å². The van der Waals surface area contributed by atoms with E-state index in [2.05, 4.69) is 41.7 Å². The van der Waals surface area contributed by atoms with E-state index in [0.717, 1.165) is 23.1 Å². The quantitative estimate of drug-likeness (QED) is 0.290. The molecular weight excluding hydrogens is 383 g/mol. The van der Waals surface area contributed by atoms with Crippen molar-refractivity contribution in [2.45, 2.75) is 37.8 Å². The van der Waals surface area contributed by atoms with Crippen LogP contribution in [-0.4, -0.2) is 40.6 Å². The predicted octanol–water partition coefficient (Wildman–Crippen LogP) is 3.28. The summed E-state index contributed by atoms with van der Waals surface area (Å²) in [5, 5.41) is 22.0. The number of carbonyl (C=O) groups is 1. The standard InChI is InChI=1S/C21H27FN2O3.ClH/c1-20(26,15-22)21(2,19(25)24-27)23-14-6-7-16-10-12-18(13-11-16)17-8-4-3-5-9-17;/h3-5,8-13,23,26-27H,6-7,14-15H2,1-2H3,(H,24,25);1H. The zero-order valence-corrected chi connectivity index (χ0v) is 16.9. The molecule has 2 unspecified atom stereocenters. The minimum absolute atomic E-state index is 0. The van der Waals surface area contributed by atoms with Gasteiger partial charge in [0.1, 0.15) is 17.8 Å². The van der Waals surface area contributed by atoms with Crippen molar-refractivity contribution in [1.29, 1.82) is 0 Å². The molecule has 4 N–H and O–H groups in total. The Morgan fingerprint density at radius 3 is 2.14 bits per heavy atom. The number of aliphatic hydroxyl groups is 1. The smallest absolute Gasteiger partial charge is 0.266 e. The molecule has 28 heavy (non-hydrogen) atoms. The van der Waals surface area contributed by atoms with E-state index >= 15 is 0 Å². The number of rotatable bonds is 9. The molecule has 0 radical (unpaired) electrons. The molecule has 5 nitrogen and oxygen atoms in total. The Bertz CT molecular complexity index is 741. The van der Waals surface area contributed by atoms with Crippen LogP contribution in [0.4, 0.5) is 4.39 Å². The van der Waals surface area contributed by atoms with Crippen molar-refractivity contribution >= 4 is 18.3 Å². The van der Waals surface area contributed by atoms with Crippen LogP contribution in [0, 0.1) is 0 Å². The number of amides is 1. The zero-order valence-electron chi connectivity index (χ0n) is 16.1. The molecule has 0 aliphatic carbocycles. The van der Waals surface area contributed by atoms with Crippen molar-refractivity contribution in [2.75, 3.05) is 13.2 Å². The van der Waals surface area contributed by atoms with E-state index in [-0.39, 0.29) is 12.4 Å². The van der Waals surface area contributed by atoms with E-state index in [1.54, 1.807) is 0 Å². The van der Waals surface area contributed by atoms with Gasteiger partial charge in [-0.05, 0) is 49.9 Å². The van der Waals surface area contributed by atoms with E-state index < -0.39 is 23.7 Å². The van der Waals surface area contributed by atoms with Crippen LogP contribution in [0.15, 0.2) is 54.6 Å². The minimum atomic E-state index is -1.95. The van der Waals surface area contributed by atoms with Crippen LogP contribution in [0.5, 0.6) is 0 Å².